The monoisotopic (exact) mass is 537 g/mol. The molecule has 1 aliphatic heterocycles. The van der Waals surface area contributed by atoms with Gasteiger partial charge in [-0.05, 0) is 55.7 Å². The molecule has 0 amide bonds. The number of benzene rings is 3. The van der Waals surface area contributed by atoms with Crippen LogP contribution < -0.4 is 14.2 Å². The Morgan fingerprint density at radius 1 is 0.842 bits per heavy atom. The van der Waals surface area contributed by atoms with Crippen molar-refractivity contribution in [2.75, 3.05) is 21.3 Å². The summed E-state index contributed by atoms with van der Waals surface area (Å²) in [7, 11) is 0.274. The normalized spacial score (nSPS) is 18.0. The van der Waals surface area contributed by atoms with Gasteiger partial charge in [0, 0.05) is 0 Å². The van der Waals surface area contributed by atoms with Gasteiger partial charge >= 0.3 is 5.97 Å². The summed E-state index contributed by atoms with van der Waals surface area (Å²) >= 11 is 0. The minimum Gasteiger partial charge on any atom is -0.493 e. The first-order valence-corrected chi connectivity index (χ1v) is 13.5. The van der Waals surface area contributed by atoms with Crippen molar-refractivity contribution in [2.24, 2.45) is 0 Å². The van der Waals surface area contributed by atoms with E-state index in [1.807, 2.05) is 26.0 Å². The van der Waals surface area contributed by atoms with Gasteiger partial charge in [0.05, 0.1) is 43.9 Å². The van der Waals surface area contributed by atoms with Gasteiger partial charge in [0.15, 0.2) is 11.5 Å². The van der Waals surface area contributed by atoms with Crippen LogP contribution in [0, 0.1) is 13.8 Å². The van der Waals surface area contributed by atoms with Gasteiger partial charge in [0.25, 0.3) is 0 Å². The van der Waals surface area contributed by atoms with Crippen LogP contribution in [0.1, 0.15) is 40.8 Å². The first kappa shape index (κ1) is 27.2. The fourth-order valence-corrected chi connectivity index (χ4v) is 6.54. The predicted molar refractivity (Wildman–Crippen MR) is 143 cm³/mol. The quantitative estimate of drug-likeness (QED) is 0.420. The van der Waals surface area contributed by atoms with Crippen LogP contribution in [0.15, 0.2) is 77.2 Å². The number of hydrogen-bond donors (Lipinski definition) is 1. The zero-order chi connectivity index (χ0) is 27.6. The fourth-order valence-electron chi connectivity index (χ4n) is 4.77. The van der Waals surface area contributed by atoms with Gasteiger partial charge in [-0.15, -0.1) is 0 Å². The van der Waals surface area contributed by atoms with Crippen LogP contribution in [0.3, 0.4) is 0 Å². The topological polar surface area (TPSA) is 102 Å². The third-order valence-corrected chi connectivity index (χ3v) is 8.61. The highest BCUT2D eigenvalue weighted by Gasteiger charge is 2.45. The summed E-state index contributed by atoms with van der Waals surface area (Å²) in [5.41, 5.74) is 3.00. The van der Waals surface area contributed by atoms with E-state index >= 15 is 0 Å². The number of carboxylic acids is 1. The Morgan fingerprint density at radius 3 is 1.84 bits per heavy atom. The highest BCUT2D eigenvalue weighted by atomic mass is 32.2. The molecule has 1 aliphatic rings. The minimum atomic E-state index is -4.19. The first-order chi connectivity index (χ1) is 18.1. The molecular weight excluding hydrogens is 506 g/mol. The Labute approximate surface area is 223 Å². The average Bonchev–Trinajstić information content (AvgIpc) is 2.91. The van der Waals surface area contributed by atoms with Crippen LogP contribution in [0.25, 0.3) is 0 Å². The summed E-state index contributed by atoms with van der Waals surface area (Å²) < 4.78 is 46.5. The summed E-state index contributed by atoms with van der Waals surface area (Å²) in [6.45, 7) is 3.79. The molecule has 4 rings (SSSR count). The number of aryl methyl sites for hydroxylation is 2. The molecule has 200 valence electrons. The second-order valence-electron chi connectivity index (χ2n) is 9.14. The lowest BCUT2D eigenvalue weighted by atomic mass is 9.89. The van der Waals surface area contributed by atoms with Crippen molar-refractivity contribution in [2.45, 2.75) is 37.2 Å². The Bertz CT molecular complexity index is 1440. The molecule has 3 aromatic carbocycles. The van der Waals surface area contributed by atoms with E-state index in [4.69, 9.17) is 14.2 Å². The summed E-state index contributed by atoms with van der Waals surface area (Å²) in [5, 5.41) is 10.2. The molecule has 2 atom stereocenters. The first-order valence-electron chi connectivity index (χ1n) is 12.0. The lowest BCUT2D eigenvalue weighted by Gasteiger charge is -2.41. The molecule has 0 saturated carbocycles. The molecule has 1 N–H and O–H groups in total. The minimum absolute atomic E-state index is 0.00627. The summed E-state index contributed by atoms with van der Waals surface area (Å²) in [4.78, 5) is 12.5. The number of carboxylic acid groups (broad SMARTS) is 1. The van der Waals surface area contributed by atoms with Gasteiger partial charge in [-0.25, -0.2) is 13.2 Å². The van der Waals surface area contributed by atoms with Crippen LogP contribution in [0.2, 0.25) is 0 Å². The Balaban J connectivity index is 2.01. The van der Waals surface area contributed by atoms with Crippen LogP contribution in [0.4, 0.5) is 0 Å². The molecule has 0 unspecified atom stereocenters. The highest BCUT2D eigenvalue weighted by Crippen LogP contribution is 2.48. The van der Waals surface area contributed by atoms with E-state index in [1.54, 1.807) is 54.6 Å². The van der Waals surface area contributed by atoms with Crippen molar-refractivity contribution in [1.82, 2.24) is 4.31 Å². The van der Waals surface area contributed by atoms with Crippen molar-refractivity contribution in [3.05, 3.63) is 94.6 Å². The Morgan fingerprint density at radius 2 is 1.37 bits per heavy atom. The van der Waals surface area contributed by atoms with E-state index in [1.165, 1.54) is 25.6 Å². The second kappa shape index (κ2) is 10.9. The van der Waals surface area contributed by atoms with Gasteiger partial charge in [0.2, 0.25) is 15.8 Å². The molecule has 38 heavy (non-hydrogen) atoms. The van der Waals surface area contributed by atoms with Crippen LogP contribution >= 0.6 is 0 Å². The van der Waals surface area contributed by atoms with Crippen LogP contribution in [-0.4, -0.2) is 45.1 Å². The van der Waals surface area contributed by atoms with E-state index in [0.29, 0.717) is 28.4 Å². The molecular formula is C29H31NO7S. The molecule has 8 nitrogen and oxygen atoms in total. The van der Waals surface area contributed by atoms with E-state index in [-0.39, 0.29) is 16.9 Å². The lowest BCUT2D eigenvalue weighted by molar-refractivity contribution is -0.133. The molecule has 0 radical (unpaired) electrons. The molecule has 0 saturated heterocycles. The number of nitrogens with zero attached hydrogens (tertiary/aromatic N) is 1. The predicted octanol–water partition coefficient (Wildman–Crippen LogP) is 5.22. The highest BCUT2D eigenvalue weighted by molar-refractivity contribution is 7.89. The van der Waals surface area contributed by atoms with Crippen molar-refractivity contribution in [3.8, 4) is 17.2 Å². The van der Waals surface area contributed by atoms with E-state index < -0.39 is 28.1 Å². The number of carbonyl (C=O) groups is 1. The largest absolute Gasteiger partial charge is 0.493 e. The Kier molecular flexibility index (Phi) is 7.80. The maximum atomic E-state index is 14.4. The Hall–Kier alpha value is -3.82. The number of sulfonamides is 1. The van der Waals surface area contributed by atoms with Crippen molar-refractivity contribution < 1.29 is 32.5 Å². The van der Waals surface area contributed by atoms with Gasteiger partial charge in [-0.1, -0.05) is 53.6 Å². The van der Waals surface area contributed by atoms with Crippen LogP contribution in [0.5, 0.6) is 17.2 Å². The maximum Gasteiger partial charge on any atom is 0.333 e. The number of aliphatic carboxylic acids is 1. The van der Waals surface area contributed by atoms with Crippen LogP contribution in [-0.2, 0) is 14.8 Å². The molecule has 0 fully saturated rings. The smallest absolute Gasteiger partial charge is 0.333 e. The van der Waals surface area contributed by atoms with Gasteiger partial charge in [0.1, 0.15) is 0 Å². The number of ether oxygens (including phenoxy) is 3. The van der Waals surface area contributed by atoms with Crippen molar-refractivity contribution in [1.29, 1.82) is 0 Å². The molecule has 0 aromatic heterocycles. The zero-order valence-electron chi connectivity index (χ0n) is 22.0. The average molecular weight is 538 g/mol. The molecule has 0 bridgehead atoms. The summed E-state index contributed by atoms with van der Waals surface area (Å²) in [6, 6.07) is 15.3. The van der Waals surface area contributed by atoms with E-state index in [2.05, 4.69) is 0 Å². The molecule has 3 aromatic rings. The van der Waals surface area contributed by atoms with Gasteiger partial charge in [-0.2, -0.15) is 4.31 Å². The number of hydrogen-bond acceptors (Lipinski definition) is 6. The molecule has 9 heteroatoms. The number of methoxy groups -OCH3 is 3. The fraction of sp³-hybridized carbons (Fsp3) is 0.276. The van der Waals surface area contributed by atoms with Gasteiger partial charge < -0.3 is 19.3 Å². The maximum absolute atomic E-state index is 14.4. The molecule has 0 aliphatic carbocycles. The van der Waals surface area contributed by atoms with Crippen molar-refractivity contribution >= 4 is 16.0 Å². The van der Waals surface area contributed by atoms with E-state index in [9.17, 15) is 18.3 Å². The summed E-state index contributed by atoms with van der Waals surface area (Å²) in [5.74, 6) is -0.0637. The SMILES string of the molecule is COc1cc([C@@H]2CC=C(C(=O)O)[C@H](c3ccc(C)cc3)N2S(=O)(=O)c2ccc(C)cc2)cc(OC)c1OC. The third-order valence-electron chi connectivity index (χ3n) is 6.73. The lowest BCUT2D eigenvalue weighted by Crippen LogP contribution is -2.42. The second-order valence-corrected chi connectivity index (χ2v) is 11.0. The molecule has 1 heterocycles. The van der Waals surface area contributed by atoms with E-state index in [0.717, 1.165) is 11.1 Å². The standard InChI is InChI=1S/C29H31NO7S/c1-18-6-10-20(11-7-18)27-23(29(31)32)14-15-24(21-16-25(35-3)28(37-5)26(17-21)36-4)30(27)38(33,34)22-12-8-19(2)9-13-22/h6-14,16-17,24,27H,15H2,1-5H3,(H,31,32)/t24-,27-/m0/s1. The van der Waals surface area contributed by atoms with Crippen molar-refractivity contribution in [3.63, 3.8) is 0 Å². The molecule has 0 spiro atoms. The third kappa shape index (κ3) is 4.99. The van der Waals surface area contributed by atoms with Gasteiger partial charge in [-0.3, -0.25) is 0 Å². The summed E-state index contributed by atoms with van der Waals surface area (Å²) in [6.07, 6.45) is 1.73. The zero-order valence-corrected chi connectivity index (χ0v) is 22.8. The number of rotatable bonds is 8.